The number of nitrogens with one attached hydrogen (secondary N) is 1. The van der Waals surface area contributed by atoms with E-state index < -0.39 is 11.5 Å². The van der Waals surface area contributed by atoms with Gasteiger partial charge in [0.25, 0.3) is 5.56 Å². The molecule has 1 atom stereocenters. The molecule has 7 nitrogen and oxygen atoms in total. The van der Waals surface area contributed by atoms with Gasteiger partial charge in [0.15, 0.2) is 0 Å². The molecule has 8 heteroatoms. The summed E-state index contributed by atoms with van der Waals surface area (Å²) in [7, 11) is 2.85. The van der Waals surface area contributed by atoms with E-state index in [9.17, 15) is 9.59 Å². The van der Waals surface area contributed by atoms with Crippen LogP contribution in [0.3, 0.4) is 0 Å². The smallest absolute Gasteiger partial charge is 0.327 e. The number of nitrogens with zero attached hydrogens (tertiary/aromatic N) is 2. The van der Waals surface area contributed by atoms with E-state index in [1.807, 2.05) is 6.92 Å². The van der Waals surface area contributed by atoms with Gasteiger partial charge >= 0.3 is 5.97 Å². The molecule has 1 aromatic rings. The Balaban J connectivity index is 2.91. The second-order valence-electron chi connectivity index (χ2n) is 3.91. The lowest BCUT2D eigenvalue weighted by atomic mass is 10.3. The molecule has 0 spiro atoms. The minimum Gasteiger partial charge on any atom is -0.468 e. The summed E-state index contributed by atoms with van der Waals surface area (Å²) in [6.07, 6.45) is 1.47. The van der Waals surface area contributed by atoms with Gasteiger partial charge in [-0.2, -0.15) is 5.10 Å². The topological polar surface area (TPSA) is 82.4 Å². The summed E-state index contributed by atoms with van der Waals surface area (Å²) in [6, 6.07) is 0.0268. The molecule has 0 fully saturated rings. The molecule has 1 heterocycles. The summed E-state index contributed by atoms with van der Waals surface area (Å²) in [4.78, 5) is 23.1. The summed E-state index contributed by atoms with van der Waals surface area (Å²) in [6.45, 7) is 2.19. The number of esters is 1. The van der Waals surface area contributed by atoms with Crippen molar-refractivity contribution in [1.29, 1.82) is 0 Å². The summed E-state index contributed by atoms with van der Waals surface area (Å²) >= 11 is 3.19. The predicted molar refractivity (Wildman–Crippen MR) is 73.2 cm³/mol. The Hall–Kier alpha value is -1.41. The molecule has 0 bridgehead atoms. The number of aromatic nitrogens is 2. The third-order valence-electron chi connectivity index (χ3n) is 2.31. The van der Waals surface area contributed by atoms with E-state index in [1.165, 1.54) is 13.3 Å². The van der Waals surface area contributed by atoms with Gasteiger partial charge in [0.2, 0.25) is 0 Å². The molecular formula is C11H16BrN3O4. The van der Waals surface area contributed by atoms with Crippen molar-refractivity contribution in [1.82, 2.24) is 9.78 Å². The minimum absolute atomic E-state index is 0.0268. The van der Waals surface area contributed by atoms with Crippen molar-refractivity contribution in [2.45, 2.75) is 19.5 Å². The fourth-order valence-corrected chi connectivity index (χ4v) is 1.84. The van der Waals surface area contributed by atoms with Crippen LogP contribution in [0, 0.1) is 0 Å². The maximum absolute atomic E-state index is 12.0. The lowest BCUT2D eigenvalue weighted by Gasteiger charge is -2.15. The van der Waals surface area contributed by atoms with Gasteiger partial charge in [0.05, 0.1) is 25.6 Å². The number of rotatable bonds is 6. The molecule has 1 aromatic heterocycles. The maximum Gasteiger partial charge on any atom is 0.327 e. The number of methoxy groups -OCH3 is 2. The van der Waals surface area contributed by atoms with Gasteiger partial charge in [0.1, 0.15) is 11.0 Å². The fraction of sp³-hybridized carbons (Fsp3) is 0.545. The monoisotopic (exact) mass is 333 g/mol. The second kappa shape index (κ2) is 7.25. The van der Waals surface area contributed by atoms with E-state index in [0.717, 1.165) is 4.68 Å². The van der Waals surface area contributed by atoms with Crippen molar-refractivity contribution in [2.24, 2.45) is 0 Å². The minimum atomic E-state index is -0.532. The van der Waals surface area contributed by atoms with Crippen molar-refractivity contribution in [3.63, 3.8) is 0 Å². The molecule has 0 aliphatic heterocycles. The number of carbonyl (C=O) groups excluding carboxylic acids is 1. The second-order valence-corrected chi connectivity index (χ2v) is 4.70. The molecule has 0 aliphatic rings. The number of anilines is 1. The van der Waals surface area contributed by atoms with Gasteiger partial charge in [-0.25, -0.2) is 4.68 Å². The average Bonchev–Trinajstić information content (AvgIpc) is 2.38. The van der Waals surface area contributed by atoms with Crippen LogP contribution in [0.15, 0.2) is 15.5 Å². The third kappa shape index (κ3) is 4.32. The molecule has 19 heavy (non-hydrogen) atoms. The molecule has 1 unspecified atom stereocenters. The summed E-state index contributed by atoms with van der Waals surface area (Å²) in [5.74, 6) is -0.532. The number of hydrogen-bond donors (Lipinski definition) is 1. The van der Waals surface area contributed by atoms with E-state index >= 15 is 0 Å². The normalized spacial score (nSPS) is 12.0. The molecule has 106 valence electrons. The van der Waals surface area contributed by atoms with Crippen LogP contribution in [-0.4, -0.2) is 42.6 Å². The van der Waals surface area contributed by atoms with Crippen LogP contribution in [0.25, 0.3) is 0 Å². The van der Waals surface area contributed by atoms with E-state index in [1.54, 1.807) is 7.11 Å². The Morgan fingerprint density at radius 2 is 2.26 bits per heavy atom. The van der Waals surface area contributed by atoms with Crippen LogP contribution in [0.1, 0.15) is 6.92 Å². The van der Waals surface area contributed by atoms with Gasteiger partial charge in [0, 0.05) is 13.2 Å². The van der Waals surface area contributed by atoms with Crippen molar-refractivity contribution >= 4 is 27.6 Å². The van der Waals surface area contributed by atoms with Crippen molar-refractivity contribution in [2.75, 3.05) is 26.1 Å². The molecule has 0 radical (unpaired) electrons. The molecule has 0 aromatic carbocycles. The predicted octanol–water partition coefficient (Wildman–Crippen LogP) is 0.626. The molecule has 1 N–H and O–H groups in total. The van der Waals surface area contributed by atoms with Gasteiger partial charge in [-0.05, 0) is 22.9 Å². The molecule has 0 saturated carbocycles. The highest BCUT2D eigenvalue weighted by Gasteiger charge is 2.13. The highest BCUT2D eigenvalue weighted by atomic mass is 79.9. The Kier molecular flexibility index (Phi) is 5.97. The number of hydrogen-bond acceptors (Lipinski definition) is 6. The molecule has 1 rings (SSSR count). The first-order valence-corrected chi connectivity index (χ1v) is 6.36. The largest absolute Gasteiger partial charge is 0.468 e. The molecular weight excluding hydrogens is 318 g/mol. The van der Waals surface area contributed by atoms with Crippen LogP contribution in [0.5, 0.6) is 0 Å². The van der Waals surface area contributed by atoms with Crippen molar-refractivity contribution in [3.8, 4) is 0 Å². The first-order valence-electron chi connectivity index (χ1n) is 5.57. The van der Waals surface area contributed by atoms with E-state index in [0.29, 0.717) is 16.8 Å². The fourth-order valence-electron chi connectivity index (χ4n) is 1.42. The van der Waals surface area contributed by atoms with Gasteiger partial charge in [-0.3, -0.25) is 9.59 Å². The number of halogens is 1. The Labute approximate surface area is 119 Å². The van der Waals surface area contributed by atoms with Crippen molar-refractivity contribution in [3.05, 3.63) is 21.0 Å². The summed E-state index contributed by atoms with van der Waals surface area (Å²) in [5, 5.41) is 6.99. The highest BCUT2D eigenvalue weighted by Crippen LogP contribution is 2.17. The first kappa shape index (κ1) is 15.6. The van der Waals surface area contributed by atoms with Gasteiger partial charge < -0.3 is 14.8 Å². The summed E-state index contributed by atoms with van der Waals surface area (Å²) < 4.78 is 10.8. The summed E-state index contributed by atoms with van der Waals surface area (Å²) in [5.41, 5.74) is 0.149. The van der Waals surface area contributed by atoms with Crippen LogP contribution in [-0.2, 0) is 20.8 Å². The zero-order chi connectivity index (χ0) is 14.4. The van der Waals surface area contributed by atoms with Crippen LogP contribution < -0.4 is 10.9 Å². The van der Waals surface area contributed by atoms with Crippen LogP contribution in [0.2, 0.25) is 0 Å². The number of carbonyl (C=O) groups is 1. The lowest BCUT2D eigenvalue weighted by Crippen LogP contribution is -2.30. The Morgan fingerprint density at radius 1 is 1.58 bits per heavy atom. The average molecular weight is 334 g/mol. The maximum atomic E-state index is 12.0. The SMILES string of the molecule is COCC(C)Nc1cnn(CC(=O)OC)c(=O)c1Br. The highest BCUT2D eigenvalue weighted by molar-refractivity contribution is 9.10. The van der Waals surface area contributed by atoms with Crippen molar-refractivity contribution < 1.29 is 14.3 Å². The third-order valence-corrected chi connectivity index (χ3v) is 3.08. The number of ether oxygens (including phenoxy) is 2. The quantitative estimate of drug-likeness (QED) is 0.769. The lowest BCUT2D eigenvalue weighted by molar-refractivity contribution is -0.141. The molecule has 0 amide bonds. The first-order chi connectivity index (χ1) is 8.99. The van der Waals surface area contributed by atoms with Gasteiger partial charge in [-0.1, -0.05) is 0 Å². The van der Waals surface area contributed by atoms with Crippen LogP contribution >= 0.6 is 15.9 Å². The van der Waals surface area contributed by atoms with Crippen LogP contribution in [0.4, 0.5) is 5.69 Å². The Bertz CT molecular complexity index is 503. The standard InChI is InChI=1S/C11H16BrN3O4/c1-7(6-18-2)14-8-4-13-15(5-9(16)19-3)11(17)10(8)12/h4,7,14H,5-6H2,1-3H3. The molecule has 0 saturated heterocycles. The van der Waals surface area contributed by atoms with E-state index in [4.69, 9.17) is 4.74 Å². The Morgan fingerprint density at radius 3 is 2.84 bits per heavy atom. The zero-order valence-corrected chi connectivity index (χ0v) is 12.6. The van der Waals surface area contributed by atoms with E-state index in [-0.39, 0.29) is 12.6 Å². The molecule has 0 aliphatic carbocycles. The van der Waals surface area contributed by atoms with E-state index in [2.05, 4.69) is 31.1 Å². The zero-order valence-electron chi connectivity index (χ0n) is 11.0. The van der Waals surface area contributed by atoms with Gasteiger partial charge in [-0.15, -0.1) is 0 Å².